The minimum atomic E-state index is -0.641. The van der Waals surface area contributed by atoms with Crippen LogP contribution in [0.15, 0.2) is 12.1 Å². The molecule has 1 heterocycles. The lowest BCUT2D eigenvalue weighted by molar-refractivity contribution is 0.0930. The minimum Gasteiger partial charge on any atom is -0.366 e. The van der Waals surface area contributed by atoms with Crippen molar-refractivity contribution in [2.45, 2.75) is 26.7 Å². The Kier molecular flexibility index (Phi) is 4.63. The topological polar surface area (TPSA) is 85.1 Å². The van der Waals surface area contributed by atoms with E-state index in [1.165, 1.54) is 6.07 Å². The summed E-state index contributed by atoms with van der Waals surface area (Å²) in [5.41, 5.74) is 6.14. The highest BCUT2D eigenvalue weighted by Gasteiger charge is 2.16. The van der Waals surface area contributed by atoms with Crippen molar-refractivity contribution in [3.8, 4) is 0 Å². The molecule has 0 aliphatic heterocycles. The molecule has 0 unspecified atom stereocenters. The molecule has 0 atom stereocenters. The van der Waals surface area contributed by atoms with Crippen LogP contribution >= 0.6 is 0 Å². The maximum absolute atomic E-state index is 11.8. The maximum Gasteiger partial charge on any atom is 0.270 e. The Balaban J connectivity index is 2.90. The van der Waals surface area contributed by atoms with E-state index in [1.54, 1.807) is 13.0 Å². The molecule has 2 amide bonds. The Hall–Kier alpha value is -1.91. The van der Waals surface area contributed by atoms with Gasteiger partial charge in [-0.2, -0.15) is 0 Å². The second-order valence-electron chi connectivity index (χ2n) is 3.82. The molecule has 0 saturated heterocycles. The summed E-state index contributed by atoms with van der Waals surface area (Å²) in [4.78, 5) is 27.0. The average Bonchev–Trinajstić information content (AvgIpc) is 2.28. The van der Waals surface area contributed by atoms with Crippen molar-refractivity contribution in [1.29, 1.82) is 0 Å². The molecule has 5 heteroatoms. The molecular formula is C12H17N3O2. The molecule has 3 N–H and O–H groups in total. The van der Waals surface area contributed by atoms with Crippen LogP contribution < -0.4 is 11.1 Å². The zero-order chi connectivity index (χ0) is 12.8. The number of amides is 2. The predicted molar refractivity (Wildman–Crippen MR) is 64.7 cm³/mol. The summed E-state index contributed by atoms with van der Waals surface area (Å²) < 4.78 is 0. The Morgan fingerprint density at radius 3 is 2.71 bits per heavy atom. The molecule has 17 heavy (non-hydrogen) atoms. The van der Waals surface area contributed by atoms with Crippen LogP contribution in [0.3, 0.4) is 0 Å². The third-order valence-corrected chi connectivity index (χ3v) is 2.33. The number of pyridine rings is 1. The van der Waals surface area contributed by atoms with E-state index in [0.717, 1.165) is 12.8 Å². The Bertz CT molecular complexity index is 430. The first-order valence-corrected chi connectivity index (χ1v) is 5.62. The molecule has 1 aromatic heterocycles. The number of nitrogens with zero attached hydrogens (tertiary/aromatic N) is 1. The predicted octanol–water partition coefficient (Wildman–Crippen LogP) is 1.02. The van der Waals surface area contributed by atoms with E-state index >= 15 is 0 Å². The smallest absolute Gasteiger partial charge is 0.270 e. The molecule has 5 nitrogen and oxygen atoms in total. The lowest BCUT2D eigenvalue weighted by Crippen LogP contribution is -2.29. The zero-order valence-electron chi connectivity index (χ0n) is 10.1. The molecule has 0 aromatic carbocycles. The van der Waals surface area contributed by atoms with Crippen molar-refractivity contribution in [2.24, 2.45) is 5.73 Å². The summed E-state index contributed by atoms with van der Waals surface area (Å²) in [6, 6.07) is 3.18. The number of primary amides is 1. The molecule has 0 fully saturated rings. The molecule has 0 spiro atoms. The fourth-order valence-electron chi connectivity index (χ4n) is 1.39. The number of unbranched alkanes of at least 4 members (excludes halogenated alkanes) is 1. The van der Waals surface area contributed by atoms with Gasteiger partial charge >= 0.3 is 0 Å². The fourth-order valence-corrected chi connectivity index (χ4v) is 1.39. The standard InChI is InChI=1S/C12H17N3O2/c1-3-4-7-14-12(17)10-9(11(13)16)6-5-8(2)15-10/h5-6H,3-4,7H2,1-2H3,(H2,13,16)(H,14,17). The van der Waals surface area contributed by atoms with Gasteiger partial charge in [0.05, 0.1) is 5.56 Å². The third kappa shape index (κ3) is 3.55. The van der Waals surface area contributed by atoms with Gasteiger partial charge in [-0.25, -0.2) is 4.98 Å². The highest BCUT2D eigenvalue weighted by molar-refractivity contribution is 6.05. The number of rotatable bonds is 5. The van der Waals surface area contributed by atoms with Gasteiger partial charge in [0.1, 0.15) is 5.69 Å². The van der Waals surface area contributed by atoms with Crippen LogP contribution in [0.2, 0.25) is 0 Å². The summed E-state index contributed by atoms with van der Waals surface area (Å²) in [7, 11) is 0. The van der Waals surface area contributed by atoms with Gasteiger partial charge in [0.25, 0.3) is 11.8 Å². The number of hydrogen-bond acceptors (Lipinski definition) is 3. The number of hydrogen-bond donors (Lipinski definition) is 2. The molecule has 0 aliphatic rings. The molecular weight excluding hydrogens is 218 g/mol. The van der Waals surface area contributed by atoms with E-state index in [1.807, 2.05) is 6.92 Å². The van der Waals surface area contributed by atoms with Crippen molar-refractivity contribution in [3.05, 3.63) is 29.1 Å². The molecule has 1 rings (SSSR count). The van der Waals surface area contributed by atoms with Crippen molar-refractivity contribution in [1.82, 2.24) is 10.3 Å². The third-order valence-electron chi connectivity index (χ3n) is 2.33. The second kappa shape index (κ2) is 5.98. The monoisotopic (exact) mass is 235 g/mol. The number of nitrogens with one attached hydrogen (secondary N) is 1. The minimum absolute atomic E-state index is 0.105. The Morgan fingerprint density at radius 2 is 2.12 bits per heavy atom. The zero-order valence-corrected chi connectivity index (χ0v) is 10.1. The summed E-state index contributed by atoms with van der Waals surface area (Å²) in [6.07, 6.45) is 1.88. The highest BCUT2D eigenvalue weighted by atomic mass is 16.2. The molecule has 0 radical (unpaired) electrons. The van der Waals surface area contributed by atoms with Gasteiger partial charge in [0.2, 0.25) is 0 Å². The van der Waals surface area contributed by atoms with Crippen LogP contribution in [0, 0.1) is 6.92 Å². The second-order valence-corrected chi connectivity index (χ2v) is 3.82. The van der Waals surface area contributed by atoms with Crippen LogP contribution in [-0.2, 0) is 0 Å². The summed E-state index contributed by atoms with van der Waals surface area (Å²) in [5, 5.41) is 2.71. The number of carbonyl (C=O) groups excluding carboxylic acids is 2. The number of aromatic nitrogens is 1. The largest absolute Gasteiger partial charge is 0.366 e. The van der Waals surface area contributed by atoms with Crippen LogP contribution in [0.4, 0.5) is 0 Å². The van der Waals surface area contributed by atoms with Crippen molar-refractivity contribution in [3.63, 3.8) is 0 Å². The van der Waals surface area contributed by atoms with E-state index in [-0.39, 0.29) is 17.2 Å². The first-order chi connectivity index (χ1) is 8.06. The lowest BCUT2D eigenvalue weighted by atomic mass is 10.1. The number of nitrogens with two attached hydrogens (primary N) is 1. The SMILES string of the molecule is CCCCNC(=O)c1nc(C)ccc1C(N)=O. The van der Waals surface area contributed by atoms with Crippen molar-refractivity contribution in [2.75, 3.05) is 6.54 Å². The van der Waals surface area contributed by atoms with Gasteiger partial charge in [-0.1, -0.05) is 13.3 Å². The van der Waals surface area contributed by atoms with E-state index < -0.39 is 5.91 Å². The Labute approximate surface area is 100 Å². The van der Waals surface area contributed by atoms with E-state index in [2.05, 4.69) is 10.3 Å². The highest BCUT2D eigenvalue weighted by Crippen LogP contribution is 2.07. The van der Waals surface area contributed by atoms with Gasteiger partial charge in [0, 0.05) is 12.2 Å². The number of aryl methyl sites for hydroxylation is 1. The molecule has 0 bridgehead atoms. The van der Waals surface area contributed by atoms with Crippen LogP contribution in [0.25, 0.3) is 0 Å². The van der Waals surface area contributed by atoms with E-state index in [0.29, 0.717) is 12.2 Å². The molecule has 1 aromatic rings. The molecule has 0 aliphatic carbocycles. The first kappa shape index (κ1) is 13.2. The van der Waals surface area contributed by atoms with Gasteiger partial charge < -0.3 is 11.1 Å². The van der Waals surface area contributed by atoms with Crippen LogP contribution in [-0.4, -0.2) is 23.3 Å². The van der Waals surface area contributed by atoms with Gasteiger partial charge in [-0.3, -0.25) is 9.59 Å². The molecule has 0 saturated carbocycles. The molecule has 92 valence electrons. The summed E-state index contributed by atoms with van der Waals surface area (Å²) in [5.74, 6) is -0.992. The average molecular weight is 235 g/mol. The fraction of sp³-hybridized carbons (Fsp3) is 0.417. The lowest BCUT2D eigenvalue weighted by Gasteiger charge is -2.07. The maximum atomic E-state index is 11.8. The quantitative estimate of drug-likeness (QED) is 0.747. The van der Waals surface area contributed by atoms with Crippen molar-refractivity contribution < 1.29 is 9.59 Å². The normalized spacial score (nSPS) is 10.0. The number of carbonyl (C=O) groups is 2. The van der Waals surface area contributed by atoms with Crippen LogP contribution in [0.1, 0.15) is 46.3 Å². The Morgan fingerprint density at radius 1 is 1.41 bits per heavy atom. The summed E-state index contributed by atoms with van der Waals surface area (Å²) in [6.45, 7) is 4.36. The van der Waals surface area contributed by atoms with Gasteiger partial charge in [0.15, 0.2) is 0 Å². The summed E-state index contributed by atoms with van der Waals surface area (Å²) >= 11 is 0. The van der Waals surface area contributed by atoms with Gasteiger partial charge in [-0.15, -0.1) is 0 Å². The van der Waals surface area contributed by atoms with Gasteiger partial charge in [-0.05, 0) is 25.5 Å². The van der Waals surface area contributed by atoms with Crippen molar-refractivity contribution >= 4 is 11.8 Å². The van der Waals surface area contributed by atoms with Crippen LogP contribution in [0.5, 0.6) is 0 Å². The van der Waals surface area contributed by atoms with E-state index in [4.69, 9.17) is 5.73 Å². The first-order valence-electron chi connectivity index (χ1n) is 5.62. The van der Waals surface area contributed by atoms with E-state index in [9.17, 15) is 9.59 Å².